The Labute approximate surface area is 143 Å². The van der Waals surface area contributed by atoms with Crippen LogP contribution in [0.2, 0.25) is 0 Å². The van der Waals surface area contributed by atoms with Crippen molar-refractivity contribution < 1.29 is 19.4 Å². The van der Waals surface area contributed by atoms with Crippen molar-refractivity contribution in [3.63, 3.8) is 0 Å². The smallest absolute Gasteiger partial charge is 0.331 e. The maximum atomic E-state index is 12.6. The van der Waals surface area contributed by atoms with Crippen LogP contribution in [-0.2, 0) is 14.3 Å². The predicted octanol–water partition coefficient (Wildman–Crippen LogP) is 3.95. The number of hydrogen-bond acceptors (Lipinski definition) is 3. The highest BCUT2D eigenvalue weighted by molar-refractivity contribution is 5.89. The maximum absolute atomic E-state index is 12.6. The minimum absolute atomic E-state index is 0.0689. The highest BCUT2D eigenvalue weighted by Gasteiger charge is 2.70. The molecule has 4 nitrogen and oxygen atoms in total. The van der Waals surface area contributed by atoms with E-state index >= 15 is 0 Å². The summed E-state index contributed by atoms with van der Waals surface area (Å²) in [5.74, 6) is -0.118. The zero-order chi connectivity index (χ0) is 17.3. The minimum Gasteiger partial charge on any atom is -0.478 e. The van der Waals surface area contributed by atoms with Gasteiger partial charge >= 0.3 is 11.9 Å². The molecule has 2 unspecified atom stereocenters. The first kappa shape index (κ1) is 16.2. The zero-order valence-electron chi connectivity index (χ0n) is 14.9. The predicted molar refractivity (Wildman–Crippen MR) is 89.2 cm³/mol. The molecule has 4 heteroatoms. The van der Waals surface area contributed by atoms with Gasteiger partial charge in [-0.3, -0.25) is 4.79 Å². The number of carbonyl (C=O) groups excluding carboxylic acids is 1. The molecule has 1 aliphatic heterocycles. The molecule has 4 aliphatic rings. The van der Waals surface area contributed by atoms with E-state index in [0.29, 0.717) is 29.7 Å². The molecule has 1 saturated heterocycles. The van der Waals surface area contributed by atoms with Crippen molar-refractivity contribution in [3.8, 4) is 0 Å². The van der Waals surface area contributed by atoms with E-state index in [9.17, 15) is 14.7 Å². The molecule has 0 aromatic rings. The van der Waals surface area contributed by atoms with Crippen LogP contribution in [-0.4, -0.2) is 23.1 Å². The summed E-state index contributed by atoms with van der Waals surface area (Å²) >= 11 is 0. The third kappa shape index (κ3) is 1.86. The van der Waals surface area contributed by atoms with Crippen molar-refractivity contribution in [1.82, 2.24) is 0 Å². The van der Waals surface area contributed by atoms with Crippen molar-refractivity contribution in [2.75, 3.05) is 0 Å². The summed E-state index contributed by atoms with van der Waals surface area (Å²) in [5.41, 5.74) is 0.384. The number of rotatable bonds is 1. The molecule has 4 rings (SSSR count). The van der Waals surface area contributed by atoms with Gasteiger partial charge in [-0.05, 0) is 54.8 Å². The fraction of sp³-hybridized carbons (Fsp3) is 0.800. The number of carboxylic acids is 1. The highest BCUT2D eigenvalue weighted by Crippen LogP contribution is 2.69. The van der Waals surface area contributed by atoms with E-state index in [4.69, 9.17) is 4.74 Å². The lowest BCUT2D eigenvalue weighted by molar-refractivity contribution is -0.249. The summed E-state index contributed by atoms with van der Waals surface area (Å²) in [4.78, 5) is 24.2. The van der Waals surface area contributed by atoms with Crippen LogP contribution in [0.25, 0.3) is 0 Å². The molecular weight excluding hydrogens is 304 g/mol. The van der Waals surface area contributed by atoms with Gasteiger partial charge in [0.1, 0.15) is 11.5 Å². The molecule has 2 saturated carbocycles. The number of hydrogen-bond donors (Lipinski definition) is 1. The van der Waals surface area contributed by atoms with Gasteiger partial charge in [-0.25, -0.2) is 4.79 Å². The Morgan fingerprint density at radius 2 is 1.96 bits per heavy atom. The van der Waals surface area contributed by atoms with Gasteiger partial charge in [0.05, 0.1) is 0 Å². The second-order valence-electron chi connectivity index (χ2n) is 9.40. The minimum atomic E-state index is -0.863. The van der Waals surface area contributed by atoms with Gasteiger partial charge in [0.25, 0.3) is 0 Å². The highest BCUT2D eigenvalue weighted by atomic mass is 16.6. The lowest BCUT2D eigenvalue weighted by Crippen LogP contribution is -2.67. The quantitative estimate of drug-likeness (QED) is 0.739. The first-order chi connectivity index (χ1) is 11.2. The molecule has 24 heavy (non-hydrogen) atoms. The lowest BCUT2D eigenvalue weighted by atomic mass is 9.41. The summed E-state index contributed by atoms with van der Waals surface area (Å²) in [6.45, 7) is 7.12. The van der Waals surface area contributed by atoms with Gasteiger partial charge in [0, 0.05) is 12.0 Å². The third-order valence-electron chi connectivity index (χ3n) is 8.02. The molecule has 1 heterocycles. The molecule has 0 amide bonds. The second-order valence-corrected chi connectivity index (χ2v) is 9.40. The fourth-order valence-corrected chi connectivity index (χ4v) is 6.92. The molecule has 0 radical (unpaired) electrons. The molecule has 3 aliphatic carbocycles. The van der Waals surface area contributed by atoms with Crippen molar-refractivity contribution in [3.05, 3.63) is 11.6 Å². The molecule has 0 aromatic heterocycles. The first-order valence-electron chi connectivity index (χ1n) is 9.35. The Kier molecular flexibility index (Phi) is 3.27. The molecule has 1 N–H and O–H groups in total. The molecular formula is C20H28O4. The van der Waals surface area contributed by atoms with Crippen molar-refractivity contribution in [2.45, 2.75) is 71.8 Å². The summed E-state index contributed by atoms with van der Waals surface area (Å²) in [5, 5.41) is 9.46. The van der Waals surface area contributed by atoms with Crippen LogP contribution in [0.15, 0.2) is 11.6 Å². The van der Waals surface area contributed by atoms with Gasteiger partial charge in [-0.15, -0.1) is 0 Å². The second kappa shape index (κ2) is 4.86. The van der Waals surface area contributed by atoms with E-state index in [1.165, 1.54) is 12.8 Å². The van der Waals surface area contributed by atoms with Crippen LogP contribution < -0.4 is 0 Å². The topological polar surface area (TPSA) is 63.6 Å². The van der Waals surface area contributed by atoms with E-state index in [0.717, 1.165) is 19.3 Å². The largest absolute Gasteiger partial charge is 0.478 e. The Morgan fingerprint density at radius 1 is 1.21 bits per heavy atom. The van der Waals surface area contributed by atoms with Gasteiger partial charge in [0.2, 0.25) is 0 Å². The Hall–Kier alpha value is -1.32. The molecule has 0 aromatic carbocycles. The number of aliphatic carboxylic acids is 1. The first-order valence-corrected chi connectivity index (χ1v) is 9.35. The van der Waals surface area contributed by atoms with Gasteiger partial charge in [-0.1, -0.05) is 33.3 Å². The fourth-order valence-electron chi connectivity index (χ4n) is 6.92. The number of carboxylic acid groups (broad SMARTS) is 1. The standard InChI is InChI=1S/C20H28O4/c1-18(2)8-4-9-19(3)13(18)7-10-20-14(19)6-5-12(16(21)22)11-15(20)24-17(20)23/h5,13-15H,4,6-11H2,1-3H3,(H,21,22)/t13?,14?,15-,19+,20+/m1/s1. The van der Waals surface area contributed by atoms with Crippen molar-refractivity contribution in [1.29, 1.82) is 0 Å². The monoisotopic (exact) mass is 332 g/mol. The number of esters is 1. The van der Waals surface area contributed by atoms with Gasteiger partial charge < -0.3 is 9.84 Å². The molecule has 5 atom stereocenters. The molecule has 0 bridgehead atoms. The number of fused-ring (bicyclic) bond motifs is 2. The SMILES string of the molecule is CC1(C)CCC[C@@]2(C)C1CC[C@@]13C(=O)O[C@@H]1CC(C(=O)O)=CCC23. The normalized spacial score (nSPS) is 46.2. The Morgan fingerprint density at radius 3 is 2.62 bits per heavy atom. The van der Waals surface area contributed by atoms with E-state index < -0.39 is 11.4 Å². The van der Waals surface area contributed by atoms with Crippen LogP contribution in [0.3, 0.4) is 0 Å². The molecule has 132 valence electrons. The average molecular weight is 332 g/mol. The summed E-state index contributed by atoms with van der Waals surface area (Å²) in [6, 6.07) is 0. The van der Waals surface area contributed by atoms with Crippen LogP contribution in [0.4, 0.5) is 0 Å². The maximum Gasteiger partial charge on any atom is 0.331 e. The molecule has 3 fully saturated rings. The van der Waals surface area contributed by atoms with E-state index in [-0.39, 0.29) is 23.4 Å². The Bertz CT molecular complexity index is 634. The van der Waals surface area contributed by atoms with Gasteiger partial charge in [-0.2, -0.15) is 0 Å². The number of ether oxygens (including phenoxy) is 1. The van der Waals surface area contributed by atoms with Crippen molar-refractivity contribution >= 4 is 11.9 Å². The van der Waals surface area contributed by atoms with Crippen LogP contribution in [0.1, 0.15) is 65.7 Å². The summed E-state index contributed by atoms with van der Waals surface area (Å²) in [7, 11) is 0. The molecule has 1 spiro atoms. The van der Waals surface area contributed by atoms with E-state index in [2.05, 4.69) is 20.8 Å². The Balaban J connectivity index is 1.79. The summed E-state index contributed by atoms with van der Waals surface area (Å²) < 4.78 is 5.50. The number of allylic oxidation sites excluding steroid dienone is 1. The summed E-state index contributed by atoms with van der Waals surface area (Å²) in [6.07, 6.45) is 8.25. The zero-order valence-corrected chi connectivity index (χ0v) is 14.9. The third-order valence-corrected chi connectivity index (χ3v) is 8.02. The average Bonchev–Trinajstić information content (AvgIpc) is 2.62. The lowest BCUT2D eigenvalue weighted by Gasteiger charge is -2.65. The van der Waals surface area contributed by atoms with E-state index in [1.54, 1.807) is 0 Å². The van der Waals surface area contributed by atoms with E-state index in [1.807, 2.05) is 6.08 Å². The van der Waals surface area contributed by atoms with Crippen molar-refractivity contribution in [2.24, 2.45) is 28.1 Å². The van der Waals surface area contributed by atoms with Gasteiger partial charge in [0.15, 0.2) is 0 Å². The van der Waals surface area contributed by atoms with Crippen LogP contribution in [0, 0.1) is 28.1 Å². The number of carbonyl (C=O) groups is 2. The van der Waals surface area contributed by atoms with Crippen LogP contribution in [0.5, 0.6) is 0 Å². The van der Waals surface area contributed by atoms with Crippen LogP contribution >= 0.6 is 0 Å².